The van der Waals surface area contributed by atoms with Crippen LogP contribution in [0.15, 0.2) is 83.4 Å². The van der Waals surface area contributed by atoms with E-state index in [0.717, 1.165) is 16.9 Å². The molecule has 0 aliphatic rings. The van der Waals surface area contributed by atoms with Crippen molar-refractivity contribution < 1.29 is 18.8 Å². The van der Waals surface area contributed by atoms with Crippen molar-refractivity contribution >= 4 is 5.91 Å². The second kappa shape index (κ2) is 9.58. The molecule has 4 aromatic rings. The SMILES string of the molecule is COc1ccccc1CNC(=O)c1ccccc1OCc1nc(-c2ccccc2)no1. The van der Waals surface area contributed by atoms with Crippen molar-refractivity contribution in [3.8, 4) is 22.9 Å². The molecule has 1 aromatic heterocycles. The molecule has 0 aliphatic heterocycles. The van der Waals surface area contributed by atoms with Crippen molar-refractivity contribution in [2.45, 2.75) is 13.2 Å². The largest absolute Gasteiger partial charge is 0.496 e. The van der Waals surface area contributed by atoms with Gasteiger partial charge in [0.15, 0.2) is 6.61 Å². The van der Waals surface area contributed by atoms with Gasteiger partial charge in [0.25, 0.3) is 11.8 Å². The van der Waals surface area contributed by atoms with Gasteiger partial charge < -0.3 is 19.3 Å². The maximum Gasteiger partial charge on any atom is 0.264 e. The number of rotatable bonds is 8. The zero-order chi connectivity index (χ0) is 21.5. The van der Waals surface area contributed by atoms with E-state index < -0.39 is 0 Å². The molecule has 4 rings (SSSR count). The summed E-state index contributed by atoms with van der Waals surface area (Å²) in [6.45, 7) is 0.387. The van der Waals surface area contributed by atoms with Crippen LogP contribution in [-0.2, 0) is 13.2 Å². The lowest BCUT2D eigenvalue weighted by Gasteiger charge is -2.12. The third-order valence-electron chi connectivity index (χ3n) is 4.61. The molecule has 7 heteroatoms. The third-order valence-corrected chi connectivity index (χ3v) is 4.61. The molecule has 0 unspecified atom stereocenters. The van der Waals surface area contributed by atoms with Gasteiger partial charge in [-0.3, -0.25) is 4.79 Å². The van der Waals surface area contributed by atoms with E-state index >= 15 is 0 Å². The zero-order valence-electron chi connectivity index (χ0n) is 16.9. The van der Waals surface area contributed by atoms with Gasteiger partial charge in [-0.05, 0) is 18.2 Å². The van der Waals surface area contributed by atoms with Crippen LogP contribution in [0.1, 0.15) is 21.8 Å². The molecule has 156 valence electrons. The molecule has 7 nitrogen and oxygen atoms in total. The van der Waals surface area contributed by atoms with Gasteiger partial charge in [-0.1, -0.05) is 65.8 Å². The molecule has 1 amide bonds. The second-order valence-electron chi connectivity index (χ2n) is 6.66. The molecular weight excluding hydrogens is 394 g/mol. The Bertz CT molecular complexity index is 1160. The molecule has 31 heavy (non-hydrogen) atoms. The zero-order valence-corrected chi connectivity index (χ0v) is 16.9. The molecule has 1 N–H and O–H groups in total. The van der Waals surface area contributed by atoms with E-state index in [9.17, 15) is 4.79 Å². The molecule has 0 atom stereocenters. The molecule has 0 saturated heterocycles. The highest BCUT2D eigenvalue weighted by molar-refractivity contribution is 5.96. The average molecular weight is 415 g/mol. The van der Waals surface area contributed by atoms with Crippen molar-refractivity contribution in [1.29, 1.82) is 0 Å². The fourth-order valence-corrected chi connectivity index (χ4v) is 3.06. The molecule has 0 bridgehead atoms. The Morgan fingerprint density at radius 2 is 1.65 bits per heavy atom. The summed E-state index contributed by atoms with van der Waals surface area (Å²) in [6, 6.07) is 24.1. The van der Waals surface area contributed by atoms with Gasteiger partial charge in [-0.15, -0.1) is 0 Å². The number of amides is 1. The van der Waals surface area contributed by atoms with Crippen LogP contribution in [0.4, 0.5) is 0 Å². The summed E-state index contributed by atoms with van der Waals surface area (Å²) in [5.74, 6) is 1.71. The first-order valence-corrected chi connectivity index (χ1v) is 9.74. The van der Waals surface area contributed by atoms with E-state index in [1.165, 1.54) is 0 Å². The number of para-hydroxylation sites is 2. The number of hydrogen-bond acceptors (Lipinski definition) is 6. The van der Waals surface area contributed by atoms with Gasteiger partial charge in [0.2, 0.25) is 5.82 Å². The first-order chi connectivity index (χ1) is 15.2. The highest BCUT2D eigenvalue weighted by atomic mass is 16.5. The summed E-state index contributed by atoms with van der Waals surface area (Å²) in [7, 11) is 1.60. The molecule has 0 saturated carbocycles. The van der Waals surface area contributed by atoms with Gasteiger partial charge in [-0.2, -0.15) is 4.98 Å². The van der Waals surface area contributed by atoms with Gasteiger partial charge in [0, 0.05) is 17.7 Å². The average Bonchev–Trinajstić information content (AvgIpc) is 3.31. The normalized spacial score (nSPS) is 10.5. The van der Waals surface area contributed by atoms with Gasteiger partial charge in [-0.25, -0.2) is 0 Å². The minimum Gasteiger partial charge on any atom is -0.496 e. The second-order valence-corrected chi connectivity index (χ2v) is 6.66. The topological polar surface area (TPSA) is 86.5 Å². The molecule has 1 heterocycles. The number of ether oxygens (including phenoxy) is 2. The van der Waals surface area contributed by atoms with E-state index in [2.05, 4.69) is 15.5 Å². The van der Waals surface area contributed by atoms with Crippen LogP contribution < -0.4 is 14.8 Å². The summed E-state index contributed by atoms with van der Waals surface area (Å²) >= 11 is 0. The lowest BCUT2D eigenvalue weighted by atomic mass is 10.1. The van der Waals surface area contributed by atoms with E-state index in [-0.39, 0.29) is 12.5 Å². The summed E-state index contributed by atoms with van der Waals surface area (Å²) in [5.41, 5.74) is 2.16. The third kappa shape index (κ3) is 4.90. The highest BCUT2D eigenvalue weighted by Crippen LogP contribution is 2.21. The van der Waals surface area contributed by atoms with Crippen molar-refractivity contribution in [3.63, 3.8) is 0 Å². The first-order valence-electron chi connectivity index (χ1n) is 9.74. The van der Waals surface area contributed by atoms with Crippen LogP contribution in [0, 0.1) is 0 Å². The standard InChI is InChI=1S/C24H21N3O4/c1-29-20-13-7-5-11-18(20)15-25-24(28)19-12-6-8-14-21(19)30-16-22-26-23(27-31-22)17-9-3-2-4-10-17/h2-14H,15-16H2,1H3,(H,25,28). The monoisotopic (exact) mass is 415 g/mol. The molecule has 0 radical (unpaired) electrons. The van der Waals surface area contributed by atoms with E-state index in [0.29, 0.717) is 29.6 Å². The van der Waals surface area contributed by atoms with Crippen molar-refractivity contribution in [3.05, 3.63) is 95.9 Å². The fraction of sp³-hybridized carbons (Fsp3) is 0.125. The van der Waals surface area contributed by atoms with E-state index in [1.54, 1.807) is 31.4 Å². The van der Waals surface area contributed by atoms with Gasteiger partial charge >= 0.3 is 0 Å². The number of aromatic nitrogens is 2. The van der Waals surface area contributed by atoms with E-state index in [4.69, 9.17) is 14.0 Å². The minimum atomic E-state index is -0.253. The van der Waals surface area contributed by atoms with Crippen LogP contribution in [0.3, 0.4) is 0 Å². The van der Waals surface area contributed by atoms with Crippen LogP contribution in [0.2, 0.25) is 0 Å². The predicted octanol–water partition coefficient (Wildman–Crippen LogP) is 4.25. The highest BCUT2D eigenvalue weighted by Gasteiger charge is 2.15. The Kier molecular flexibility index (Phi) is 6.23. The molecule has 0 aliphatic carbocycles. The van der Waals surface area contributed by atoms with Gasteiger partial charge in [0.1, 0.15) is 11.5 Å². The maximum atomic E-state index is 12.8. The Labute approximate surface area is 179 Å². The summed E-state index contributed by atoms with van der Waals surface area (Å²) in [4.78, 5) is 17.1. The van der Waals surface area contributed by atoms with Crippen molar-refractivity contribution in [1.82, 2.24) is 15.5 Å². The van der Waals surface area contributed by atoms with Crippen LogP contribution >= 0.6 is 0 Å². The molecule has 0 fully saturated rings. The molecular formula is C24H21N3O4. The Morgan fingerprint density at radius 1 is 0.935 bits per heavy atom. The van der Waals surface area contributed by atoms with Gasteiger partial charge in [0.05, 0.1) is 12.7 Å². The smallest absolute Gasteiger partial charge is 0.264 e. The van der Waals surface area contributed by atoms with E-state index in [1.807, 2.05) is 54.6 Å². The number of nitrogens with zero attached hydrogens (tertiary/aromatic N) is 2. The summed E-state index contributed by atoms with van der Waals surface area (Å²) in [5, 5.41) is 6.88. The van der Waals surface area contributed by atoms with Crippen molar-refractivity contribution in [2.24, 2.45) is 0 Å². The number of carbonyl (C=O) groups excluding carboxylic acids is 1. The number of benzene rings is 3. The number of nitrogens with one attached hydrogen (secondary N) is 1. The quantitative estimate of drug-likeness (QED) is 0.463. The van der Waals surface area contributed by atoms with Crippen molar-refractivity contribution in [2.75, 3.05) is 7.11 Å². The Hall–Kier alpha value is -4.13. The van der Waals surface area contributed by atoms with Crippen LogP contribution in [0.25, 0.3) is 11.4 Å². The van der Waals surface area contributed by atoms with Crippen LogP contribution in [-0.4, -0.2) is 23.2 Å². The number of carbonyl (C=O) groups is 1. The lowest BCUT2D eigenvalue weighted by Crippen LogP contribution is -2.23. The molecule has 3 aromatic carbocycles. The molecule has 0 spiro atoms. The Morgan fingerprint density at radius 3 is 2.45 bits per heavy atom. The minimum absolute atomic E-state index is 0.0522. The lowest BCUT2D eigenvalue weighted by molar-refractivity contribution is 0.0945. The number of hydrogen-bond donors (Lipinski definition) is 1. The maximum absolute atomic E-state index is 12.8. The van der Waals surface area contributed by atoms with Crippen LogP contribution in [0.5, 0.6) is 11.5 Å². The summed E-state index contributed by atoms with van der Waals surface area (Å²) in [6.07, 6.45) is 0. The number of methoxy groups -OCH3 is 1. The predicted molar refractivity (Wildman–Crippen MR) is 115 cm³/mol. The Balaban J connectivity index is 1.41. The fourth-order valence-electron chi connectivity index (χ4n) is 3.06. The summed E-state index contributed by atoms with van der Waals surface area (Å²) < 4.78 is 16.4. The first kappa shape index (κ1) is 20.2.